The van der Waals surface area contributed by atoms with Gasteiger partial charge in [0.1, 0.15) is 5.78 Å². The van der Waals surface area contributed by atoms with Crippen molar-refractivity contribution in [2.75, 3.05) is 6.54 Å². The molecule has 1 N–H and O–H groups in total. The van der Waals surface area contributed by atoms with Crippen molar-refractivity contribution < 1.29 is 4.79 Å². The highest BCUT2D eigenvalue weighted by atomic mass is 16.1. The molecule has 0 aromatic heterocycles. The van der Waals surface area contributed by atoms with Crippen LogP contribution in [0.1, 0.15) is 57.8 Å². The van der Waals surface area contributed by atoms with Gasteiger partial charge < -0.3 is 5.32 Å². The maximum atomic E-state index is 12.2. The van der Waals surface area contributed by atoms with Crippen molar-refractivity contribution in [3.8, 4) is 0 Å². The van der Waals surface area contributed by atoms with E-state index in [4.69, 9.17) is 0 Å². The third-order valence-electron chi connectivity index (χ3n) is 6.56. The van der Waals surface area contributed by atoms with Crippen LogP contribution in [-0.2, 0) is 4.79 Å². The lowest BCUT2D eigenvalue weighted by molar-refractivity contribution is -0.122. The lowest BCUT2D eigenvalue weighted by atomic mass is 9.51. The van der Waals surface area contributed by atoms with Crippen LogP contribution in [0.15, 0.2) is 0 Å². The Morgan fingerprint density at radius 3 is 2.32 bits per heavy atom. The lowest BCUT2D eigenvalue weighted by Gasteiger charge is -2.55. The molecule has 1 unspecified atom stereocenters. The molecule has 5 rings (SSSR count). The summed E-state index contributed by atoms with van der Waals surface area (Å²) >= 11 is 0. The van der Waals surface area contributed by atoms with E-state index in [1.807, 2.05) is 0 Å². The smallest absolute Gasteiger partial charge is 0.149 e. The summed E-state index contributed by atoms with van der Waals surface area (Å²) in [6.45, 7) is 1.06. The van der Waals surface area contributed by atoms with Gasteiger partial charge in [-0.3, -0.25) is 4.79 Å². The average Bonchev–Trinajstić information content (AvgIpc) is 2.58. The first-order valence-corrected chi connectivity index (χ1v) is 8.55. The first-order chi connectivity index (χ1) is 9.29. The molecular formula is C17H27NO. The quantitative estimate of drug-likeness (QED) is 0.827. The predicted molar refractivity (Wildman–Crippen MR) is 75.8 cm³/mol. The third kappa shape index (κ3) is 2.26. The van der Waals surface area contributed by atoms with Gasteiger partial charge in [0.15, 0.2) is 0 Å². The van der Waals surface area contributed by atoms with E-state index in [9.17, 15) is 4.79 Å². The van der Waals surface area contributed by atoms with E-state index in [-0.39, 0.29) is 6.04 Å². The summed E-state index contributed by atoms with van der Waals surface area (Å²) in [5.74, 6) is 5.41. The molecule has 4 aliphatic carbocycles. The highest BCUT2D eigenvalue weighted by Gasteiger charge is 2.48. The number of ketones is 1. The fraction of sp³-hybridized carbons (Fsp3) is 0.941. The van der Waals surface area contributed by atoms with Crippen molar-refractivity contribution in [1.29, 1.82) is 0 Å². The zero-order valence-electron chi connectivity index (χ0n) is 11.9. The number of carbonyl (C=O) groups excluding carboxylic acids is 1. The summed E-state index contributed by atoms with van der Waals surface area (Å²) in [6, 6.07) is 0.199. The first-order valence-electron chi connectivity index (χ1n) is 8.55. The monoisotopic (exact) mass is 261 g/mol. The van der Waals surface area contributed by atoms with E-state index >= 15 is 0 Å². The molecule has 106 valence electrons. The second-order valence-corrected chi connectivity index (χ2v) is 7.76. The molecule has 1 aliphatic heterocycles. The van der Waals surface area contributed by atoms with Crippen LogP contribution in [0.4, 0.5) is 0 Å². The van der Waals surface area contributed by atoms with Crippen molar-refractivity contribution in [3.05, 3.63) is 0 Å². The summed E-state index contributed by atoms with van der Waals surface area (Å²) in [7, 11) is 0. The van der Waals surface area contributed by atoms with Crippen LogP contribution < -0.4 is 5.32 Å². The second-order valence-electron chi connectivity index (χ2n) is 7.76. The van der Waals surface area contributed by atoms with Gasteiger partial charge in [0.2, 0.25) is 0 Å². The summed E-state index contributed by atoms with van der Waals surface area (Å²) in [5.41, 5.74) is 0. The van der Waals surface area contributed by atoms with E-state index in [0.29, 0.717) is 5.78 Å². The molecule has 5 fully saturated rings. The Bertz CT molecular complexity index is 336. The average molecular weight is 261 g/mol. The van der Waals surface area contributed by atoms with Crippen LogP contribution in [0.2, 0.25) is 0 Å². The Morgan fingerprint density at radius 1 is 0.947 bits per heavy atom. The molecule has 0 aromatic carbocycles. The molecule has 2 nitrogen and oxygen atoms in total. The van der Waals surface area contributed by atoms with Gasteiger partial charge >= 0.3 is 0 Å². The van der Waals surface area contributed by atoms with E-state index in [1.54, 1.807) is 0 Å². The predicted octanol–water partition coefficient (Wildman–Crippen LogP) is 3.16. The molecule has 19 heavy (non-hydrogen) atoms. The van der Waals surface area contributed by atoms with E-state index in [2.05, 4.69) is 5.32 Å². The van der Waals surface area contributed by atoms with Crippen LogP contribution in [0.25, 0.3) is 0 Å². The van der Waals surface area contributed by atoms with Crippen LogP contribution in [0.3, 0.4) is 0 Å². The molecule has 4 saturated carbocycles. The standard InChI is InChI=1S/C17H27NO/c19-17-3-1-2-4-18-16(17)10-15-13-6-11-5-12(8-13)9-14(15)7-11/h11-16,18H,1-10H2. The second kappa shape index (κ2) is 4.87. The number of hydrogen-bond donors (Lipinski definition) is 1. The number of nitrogens with one attached hydrogen (secondary N) is 1. The summed E-state index contributed by atoms with van der Waals surface area (Å²) in [5, 5.41) is 3.54. The SMILES string of the molecule is O=C1CCCCNC1CC1C2CC3CC(C2)CC1C3. The third-order valence-corrected chi connectivity index (χ3v) is 6.56. The highest BCUT2D eigenvalue weighted by molar-refractivity contribution is 5.84. The molecule has 5 aliphatic rings. The zero-order chi connectivity index (χ0) is 12.8. The Morgan fingerprint density at radius 2 is 1.63 bits per heavy atom. The van der Waals surface area contributed by atoms with E-state index in [0.717, 1.165) is 55.4 Å². The van der Waals surface area contributed by atoms with Gasteiger partial charge in [-0.2, -0.15) is 0 Å². The molecule has 4 bridgehead atoms. The van der Waals surface area contributed by atoms with Gasteiger partial charge in [-0.15, -0.1) is 0 Å². The Labute approximate surface area is 116 Å². The van der Waals surface area contributed by atoms with E-state index in [1.165, 1.54) is 38.5 Å². The maximum Gasteiger partial charge on any atom is 0.149 e. The first kappa shape index (κ1) is 12.4. The fourth-order valence-corrected chi connectivity index (χ4v) is 5.90. The molecule has 1 heterocycles. The van der Waals surface area contributed by atoms with Gasteiger partial charge in [-0.1, -0.05) is 0 Å². The number of rotatable bonds is 2. The molecule has 0 radical (unpaired) electrons. The minimum Gasteiger partial charge on any atom is -0.307 e. The largest absolute Gasteiger partial charge is 0.307 e. The van der Waals surface area contributed by atoms with Crippen molar-refractivity contribution in [3.63, 3.8) is 0 Å². The molecule has 0 amide bonds. The molecule has 2 heteroatoms. The highest BCUT2D eigenvalue weighted by Crippen LogP contribution is 2.57. The lowest BCUT2D eigenvalue weighted by Crippen LogP contribution is -2.48. The molecule has 1 saturated heterocycles. The minimum atomic E-state index is 0.199. The molecule has 0 spiro atoms. The van der Waals surface area contributed by atoms with Crippen LogP contribution in [0, 0.1) is 29.6 Å². The zero-order valence-corrected chi connectivity index (χ0v) is 11.9. The Kier molecular flexibility index (Phi) is 3.17. The van der Waals surface area contributed by atoms with Gasteiger partial charge in [0, 0.05) is 6.42 Å². The number of carbonyl (C=O) groups is 1. The van der Waals surface area contributed by atoms with Gasteiger partial charge in [0.25, 0.3) is 0 Å². The van der Waals surface area contributed by atoms with Crippen LogP contribution >= 0.6 is 0 Å². The maximum absolute atomic E-state index is 12.2. The van der Waals surface area contributed by atoms with Crippen LogP contribution in [0.5, 0.6) is 0 Å². The number of hydrogen-bond acceptors (Lipinski definition) is 2. The Balaban J connectivity index is 1.46. The minimum absolute atomic E-state index is 0.199. The van der Waals surface area contributed by atoms with Crippen LogP contribution in [-0.4, -0.2) is 18.4 Å². The van der Waals surface area contributed by atoms with Crippen molar-refractivity contribution in [2.45, 2.75) is 63.8 Å². The van der Waals surface area contributed by atoms with Gasteiger partial charge in [0.05, 0.1) is 6.04 Å². The normalized spacial score (nSPS) is 49.4. The van der Waals surface area contributed by atoms with Gasteiger partial charge in [-0.05, 0) is 87.5 Å². The molecule has 1 atom stereocenters. The van der Waals surface area contributed by atoms with Crippen molar-refractivity contribution >= 4 is 5.78 Å². The molecular weight excluding hydrogens is 234 g/mol. The van der Waals surface area contributed by atoms with E-state index < -0.39 is 0 Å². The van der Waals surface area contributed by atoms with Crippen molar-refractivity contribution in [1.82, 2.24) is 5.32 Å². The van der Waals surface area contributed by atoms with Gasteiger partial charge in [-0.25, -0.2) is 0 Å². The Hall–Kier alpha value is -0.370. The number of Topliss-reactive ketones (excluding diaryl/α,β-unsaturated/α-hetero) is 1. The van der Waals surface area contributed by atoms with Crippen molar-refractivity contribution in [2.24, 2.45) is 29.6 Å². The summed E-state index contributed by atoms with van der Waals surface area (Å²) in [6.07, 6.45) is 11.7. The summed E-state index contributed by atoms with van der Waals surface area (Å²) in [4.78, 5) is 12.2. The summed E-state index contributed by atoms with van der Waals surface area (Å²) < 4.78 is 0. The molecule has 0 aromatic rings. The topological polar surface area (TPSA) is 29.1 Å². The fourth-order valence-electron chi connectivity index (χ4n) is 5.90.